The zero-order chi connectivity index (χ0) is 14.4. The van der Waals surface area contributed by atoms with E-state index in [0.717, 1.165) is 22.4 Å². The van der Waals surface area contributed by atoms with Crippen molar-refractivity contribution >= 4 is 33.2 Å². The summed E-state index contributed by atoms with van der Waals surface area (Å²) in [7, 11) is 0. The standard InChI is InChI=1S/C17H14N4/c18-13-5-12(6-14(19)9-13)17-20-15-7-10-3-1-2-4-11(10)8-16(15)21-17/h1-9H,18-19H2,(H,20,21). The molecule has 21 heavy (non-hydrogen) atoms. The van der Waals surface area contributed by atoms with Gasteiger partial charge < -0.3 is 16.5 Å². The third-order valence-electron chi connectivity index (χ3n) is 3.60. The topological polar surface area (TPSA) is 80.7 Å². The lowest BCUT2D eigenvalue weighted by atomic mass is 10.1. The van der Waals surface area contributed by atoms with Gasteiger partial charge in [0.25, 0.3) is 0 Å². The third-order valence-corrected chi connectivity index (χ3v) is 3.60. The van der Waals surface area contributed by atoms with Crippen molar-refractivity contribution in [3.05, 3.63) is 54.6 Å². The van der Waals surface area contributed by atoms with E-state index in [0.29, 0.717) is 11.4 Å². The van der Waals surface area contributed by atoms with Crippen LogP contribution in [-0.4, -0.2) is 9.97 Å². The molecule has 4 nitrogen and oxygen atoms in total. The molecule has 4 rings (SSSR count). The number of anilines is 2. The molecule has 0 bridgehead atoms. The molecule has 0 atom stereocenters. The fourth-order valence-electron chi connectivity index (χ4n) is 2.65. The second kappa shape index (κ2) is 4.24. The van der Waals surface area contributed by atoms with Crippen LogP contribution in [0.2, 0.25) is 0 Å². The number of rotatable bonds is 1. The first-order valence-corrected chi connectivity index (χ1v) is 6.74. The lowest BCUT2D eigenvalue weighted by molar-refractivity contribution is 1.34. The molecule has 0 aliphatic heterocycles. The van der Waals surface area contributed by atoms with Crippen LogP contribution in [0.3, 0.4) is 0 Å². The van der Waals surface area contributed by atoms with Crippen molar-refractivity contribution in [1.29, 1.82) is 0 Å². The quantitative estimate of drug-likeness (QED) is 0.464. The number of fused-ring (bicyclic) bond motifs is 2. The molecule has 0 saturated carbocycles. The van der Waals surface area contributed by atoms with Crippen molar-refractivity contribution in [2.75, 3.05) is 11.5 Å². The zero-order valence-electron chi connectivity index (χ0n) is 11.3. The lowest BCUT2D eigenvalue weighted by Gasteiger charge is -2.01. The number of aromatic amines is 1. The van der Waals surface area contributed by atoms with Crippen LogP contribution >= 0.6 is 0 Å². The van der Waals surface area contributed by atoms with Gasteiger partial charge in [-0.2, -0.15) is 0 Å². The van der Waals surface area contributed by atoms with Gasteiger partial charge in [0, 0.05) is 16.9 Å². The highest BCUT2D eigenvalue weighted by molar-refractivity contribution is 5.96. The van der Waals surface area contributed by atoms with Gasteiger partial charge in [-0.15, -0.1) is 0 Å². The summed E-state index contributed by atoms with van der Waals surface area (Å²) < 4.78 is 0. The number of nitrogen functional groups attached to an aromatic ring is 2. The first kappa shape index (κ1) is 11.8. The van der Waals surface area contributed by atoms with E-state index in [1.165, 1.54) is 10.8 Å². The van der Waals surface area contributed by atoms with Crippen LogP contribution in [0.4, 0.5) is 11.4 Å². The number of H-pyrrole nitrogens is 1. The van der Waals surface area contributed by atoms with E-state index in [-0.39, 0.29) is 0 Å². The summed E-state index contributed by atoms with van der Waals surface area (Å²) in [5.41, 5.74) is 15.8. The van der Waals surface area contributed by atoms with E-state index in [9.17, 15) is 0 Å². The number of hydrogen-bond donors (Lipinski definition) is 3. The van der Waals surface area contributed by atoms with Crippen molar-refractivity contribution in [1.82, 2.24) is 9.97 Å². The van der Waals surface area contributed by atoms with Crippen LogP contribution in [0.25, 0.3) is 33.2 Å². The number of nitrogens with one attached hydrogen (secondary N) is 1. The highest BCUT2D eigenvalue weighted by Gasteiger charge is 2.07. The van der Waals surface area contributed by atoms with Gasteiger partial charge in [-0.1, -0.05) is 24.3 Å². The van der Waals surface area contributed by atoms with E-state index < -0.39 is 0 Å². The molecule has 0 unspecified atom stereocenters. The van der Waals surface area contributed by atoms with Gasteiger partial charge in [0.05, 0.1) is 11.0 Å². The molecule has 5 N–H and O–H groups in total. The van der Waals surface area contributed by atoms with Crippen LogP contribution in [0.1, 0.15) is 0 Å². The van der Waals surface area contributed by atoms with E-state index in [2.05, 4.69) is 34.2 Å². The monoisotopic (exact) mass is 274 g/mol. The van der Waals surface area contributed by atoms with Crippen LogP contribution in [0.5, 0.6) is 0 Å². The maximum Gasteiger partial charge on any atom is 0.138 e. The molecule has 0 aliphatic rings. The Bertz CT molecular complexity index is 896. The molecule has 0 fully saturated rings. The molecule has 3 aromatic carbocycles. The summed E-state index contributed by atoms with van der Waals surface area (Å²) in [6, 6.07) is 17.9. The van der Waals surface area contributed by atoms with Crippen molar-refractivity contribution in [3.8, 4) is 11.4 Å². The number of imidazole rings is 1. The highest BCUT2D eigenvalue weighted by Crippen LogP contribution is 2.27. The van der Waals surface area contributed by atoms with Gasteiger partial charge in [0.2, 0.25) is 0 Å². The maximum absolute atomic E-state index is 5.85. The third kappa shape index (κ3) is 1.97. The van der Waals surface area contributed by atoms with Gasteiger partial charge in [0.1, 0.15) is 5.82 Å². The molecule has 4 aromatic rings. The normalized spacial score (nSPS) is 11.2. The van der Waals surface area contributed by atoms with Crippen molar-refractivity contribution in [2.45, 2.75) is 0 Å². The Kier molecular flexibility index (Phi) is 2.38. The summed E-state index contributed by atoms with van der Waals surface area (Å²) in [5, 5.41) is 2.36. The van der Waals surface area contributed by atoms with Gasteiger partial charge in [-0.3, -0.25) is 0 Å². The molecule has 0 amide bonds. The molecule has 4 heteroatoms. The Labute approximate surface area is 121 Å². The van der Waals surface area contributed by atoms with E-state index in [1.54, 1.807) is 6.07 Å². The smallest absolute Gasteiger partial charge is 0.138 e. The Balaban J connectivity index is 1.95. The number of hydrogen-bond acceptors (Lipinski definition) is 3. The number of nitrogens with zero attached hydrogens (tertiary/aromatic N) is 1. The van der Waals surface area contributed by atoms with Gasteiger partial charge >= 0.3 is 0 Å². The minimum absolute atomic E-state index is 0.635. The van der Waals surface area contributed by atoms with Crippen molar-refractivity contribution in [2.24, 2.45) is 0 Å². The molecular weight excluding hydrogens is 260 g/mol. The lowest BCUT2D eigenvalue weighted by Crippen LogP contribution is -1.92. The van der Waals surface area contributed by atoms with Crippen molar-refractivity contribution in [3.63, 3.8) is 0 Å². The van der Waals surface area contributed by atoms with E-state index >= 15 is 0 Å². The zero-order valence-corrected chi connectivity index (χ0v) is 11.3. The summed E-state index contributed by atoms with van der Waals surface area (Å²) in [4.78, 5) is 7.98. The summed E-state index contributed by atoms with van der Waals surface area (Å²) in [6.07, 6.45) is 0. The number of aromatic nitrogens is 2. The fraction of sp³-hybridized carbons (Fsp3) is 0. The highest BCUT2D eigenvalue weighted by atomic mass is 14.9. The Morgan fingerprint density at radius 3 is 2.19 bits per heavy atom. The van der Waals surface area contributed by atoms with Crippen LogP contribution in [0, 0.1) is 0 Å². The second-order valence-electron chi connectivity index (χ2n) is 5.19. The van der Waals surface area contributed by atoms with Crippen LogP contribution in [-0.2, 0) is 0 Å². The SMILES string of the molecule is Nc1cc(N)cc(-c2nc3cc4ccccc4cc3[nH]2)c1. The molecular formula is C17H14N4. The van der Waals surface area contributed by atoms with E-state index in [4.69, 9.17) is 11.5 Å². The average molecular weight is 274 g/mol. The minimum atomic E-state index is 0.635. The summed E-state index contributed by atoms with van der Waals surface area (Å²) in [6.45, 7) is 0. The number of benzene rings is 3. The summed E-state index contributed by atoms with van der Waals surface area (Å²) in [5.74, 6) is 0.777. The first-order chi connectivity index (χ1) is 10.2. The molecule has 0 aliphatic carbocycles. The second-order valence-corrected chi connectivity index (χ2v) is 5.19. The van der Waals surface area contributed by atoms with Gasteiger partial charge in [0.15, 0.2) is 0 Å². The predicted molar refractivity (Wildman–Crippen MR) is 87.9 cm³/mol. The Morgan fingerprint density at radius 2 is 1.48 bits per heavy atom. The number of nitrogens with two attached hydrogens (primary N) is 2. The molecule has 0 saturated heterocycles. The van der Waals surface area contributed by atoms with Gasteiger partial charge in [-0.25, -0.2) is 4.98 Å². The maximum atomic E-state index is 5.85. The predicted octanol–water partition coefficient (Wildman–Crippen LogP) is 3.55. The molecule has 102 valence electrons. The first-order valence-electron chi connectivity index (χ1n) is 6.74. The Morgan fingerprint density at radius 1 is 0.810 bits per heavy atom. The molecule has 1 aromatic heterocycles. The molecule has 0 spiro atoms. The van der Waals surface area contributed by atoms with E-state index in [1.807, 2.05) is 24.3 Å². The average Bonchev–Trinajstić information content (AvgIpc) is 2.86. The van der Waals surface area contributed by atoms with Crippen molar-refractivity contribution < 1.29 is 0 Å². The van der Waals surface area contributed by atoms with Crippen LogP contribution in [0.15, 0.2) is 54.6 Å². The minimum Gasteiger partial charge on any atom is -0.399 e. The largest absolute Gasteiger partial charge is 0.399 e. The van der Waals surface area contributed by atoms with Gasteiger partial charge in [-0.05, 0) is 41.1 Å². The summed E-state index contributed by atoms with van der Waals surface area (Å²) >= 11 is 0. The molecule has 0 radical (unpaired) electrons. The van der Waals surface area contributed by atoms with Crippen LogP contribution < -0.4 is 11.5 Å². The molecule has 1 heterocycles. The fourth-order valence-corrected chi connectivity index (χ4v) is 2.65. The Hall–Kier alpha value is -3.01.